The fraction of sp³-hybridized carbons (Fsp3) is 0.231. The Kier molecular flexibility index (Phi) is 3.92. The second-order valence-corrected chi connectivity index (χ2v) is 4.63. The van der Waals surface area contributed by atoms with Crippen LogP contribution in [0.15, 0.2) is 29.3 Å². The van der Waals surface area contributed by atoms with Gasteiger partial charge in [0, 0.05) is 5.02 Å². The highest BCUT2D eigenvalue weighted by Gasteiger charge is 2.10. The van der Waals surface area contributed by atoms with E-state index in [9.17, 15) is 0 Å². The van der Waals surface area contributed by atoms with Crippen molar-refractivity contribution in [3.63, 3.8) is 0 Å². The van der Waals surface area contributed by atoms with Crippen molar-refractivity contribution < 1.29 is 0 Å². The Hall–Kier alpha value is -1.48. The van der Waals surface area contributed by atoms with Gasteiger partial charge < -0.3 is 0 Å². The number of aryl methyl sites for hydroxylation is 1. The summed E-state index contributed by atoms with van der Waals surface area (Å²) < 4.78 is 1.90. The van der Waals surface area contributed by atoms with Crippen LogP contribution in [0.1, 0.15) is 17.0 Å². The fourth-order valence-electron chi connectivity index (χ4n) is 1.86. The number of rotatable bonds is 3. The van der Waals surface area contributed by atoms with Crippen LogP contribution in [0.4, 0.5) is 5.69 Å². The standard InChI is InChI=1S/C13H12ClN3S/c1-9-13(15-8-18)10(2)17(16-9)7-11-4-3-5-12(14)6-11/h3-6H,7H2,1-2H3. The number of nitrogens with zero attached hydrogens (tertiary/aromatic N) is 3. The van der Waals surface area contributed by atoms with Gasteiger partial charge in [0.15, 0.2) is 0 Å². The van der Waals surface area contributed by atoms with E-state index in [1.54, 1.807) is 0 Å². The average molecular weight is 278 g/mol. The topological polar surface area (TPSA) is 30.2 Å². The van der Waals surface area contributed by atoms with Crippen LogP contribution < -0.4 is 0 Å². The molecule has 0 bridgehead atoms. The monoisotopic (exact) mass is 277 g/mol. The fourth-order valence-corrected chi connectivity index (χ4v) is 2.16. The second kappa shape index (κ2) is 5.44. The Morgan fingerprint density at radius 2 is 2.22 bits per heavy atom. The number of aromatic nitrogens is 2. The molecular formula is C13H12ClN3S. The summed E-state index contributed by atoms with van der Waals surface area (Å²) in [7, 11) is 0. The highest BCUT2D eigenvalue weighted by atomic mass is 35.5. The van der Waals surface area contributed by atoms with E-state index in [0.717, 1.165) is 27.7 Å². The number of hydrogen-bond donors (Lipinski definition) is 0. The van der Waals surface area contributed by atoms with E-state index in [0.29, 0.717) is 6.54 Å². The molecule has 18 heavy (non-hydrogen) atoms. The molecule has 2 rings (SSSR count). The molecule has 0 fully saturated rings. The van der Waals surface area contributed by atoms with Gasteiger partial charge in [-0.2, -0.15) is 10.1 Å². The lowest BCUT2D eigenvalue weighted by atomic mass is 10.2. The van der Waals surface area contributed by atoms with E-state index in [-0.39, 0.29) is 0 Å². The van der Waals surface area contributed by atoms with Gasteiger partial charge >= 0.3 is 0 Å². The number of isothiocyanates is 1. The minimum atomic E-state index is 0.667. The summed E-state index contributed by atoms with van der Waals surface area (Å²) in [5, 5.41) is 7.56. The molecule has 92 valence electrons. The zero-order chi connectivity index (χ0) is 13.1. The first kappa shape index (κ1) is 13.0. The van der Waals surface area contributed by atoms with E-state index < -0.39 is 0 Å². The van der Waals surface area contributed by atoms with Gasteiger partial charge in [-0.3, -0.25) is 4.68 Å². The third-order valence-corrected chi connectivity index (χ3v) is 3.05. The summed E-state index contributed by atoms with van der Waals surface area (Å²) in [5.41, 5.74) is 3.73. The molecule has 1 heterocycles. The van der Waals surface area contributed by atoms with Crippen LogP contribution >= 0.6 is 23.8 Å². The molecule has 5 heteroatoms. The SMILES string of the molecule is Cc1nn(Cc2cccc(Cl)c2)c(C)c1N=C=S. The highest BCUT2D eigenvalue weighted by Crippen LogP contribution is 2.23. The third-order valence-electron chi connectivity index (χ3n) is 2.72. The lowest BCUT2D eigenvalue weighted by Crippen LogP contribution is -2.03. The molecule has 0 aliphatic rings. The van der Waals surface area contributed by atoms with Crippen molar-refractivity contribution in [2.75, 3.05) is 0 Å². The van der Waals surface area contributed by atoms with Crippen molar-refractivity contribution in [1.29, 1.82) is 0 Å². The van der Waals surface area contributed by atoms with E-state index in [2.05, 4.69) is 27.5 Å². The zero-order valence-electron chi connectivity index (χ0n) is 10.1. The number of hydrogen-bond acceptors (Lipinski definition) is 3. The lowest BCUT2D eigenvalue weighted by molar-refractivity contribution is 0.659. The molecular weight excluding hydrogens is 266 g/mol. The first-order valence-corrected chi connectivity index (χ1v) is 6.26. The minimum Gasteiger partial charge on any atom is -0.263 e. The summed E-state index contributed by atoms with van der Waals surface area (Å²) in [6.07, 6.45) is 0. The number of halogens is 1. The number of benzene rings is 1. The Balaban J connectivity index is 2.35. The van der Waals surface area contributed by atoms with E-state index in [1.807, 2.05) is 42.8 Å². The number of thiocarbonyl (C=S) groups is 1. The van der Waals surface area contributed by atoms with Gasteiger partial charge in [-0.15, -0.1) is 0 Å². The minimum absolute atomic E-state index is 0.667. The molecule has 1 aromatic carbocycles. The molecule has 0 saturated heterocycles. The van der Waals surface area contributed by atoms with Crippen molar-refractivity contribution in [3.05, 3.63) is 46.2 Å². The smallest absolute Gasteiger partial charge is 0.118 e. The van der Waals surface area contributed by atoms with Gasteiger partial charge in [-0.1, -0.05) is 23.7 Å². The second-order valence-electron chi connectivity index (χ2n) is 4.01. The van der Waals surface area contributed by atoms with Crippen molar-refractivity contribution >= 4 is 34.7 Å². The maximum absolute atomic E-state index is 5.97. The summed E-state index contributed by atoms with van der Waals surface area (Å²) in [4.78, 5) is 4.04. The Bertz CT molecular complexity index is 627. The first-order chi connectivity index (χ1) is 8.61. The molecule has 0 spiro atoms. The predicted octanol–water partition coefficient (Wildman–Crippen LogP) is 3.94. The summed E-state index contributed by atoms with van der Waals surface area (Å²) in [6, 6.07) is 7.73. The highest BCUT2D eigenvalue weighted by molar-refractivity contribution is 7.78. The van der Waals surface area contributed by atoms with Crippen molar-refractivity contribution in [2.45, 2.75) is 20.4 Å². The average Bonchev–Trinajstić information content (AvgIpc) is 2.57. The van der Waals surface area contributed by atoms with Crippen molar-refractivity contribution in [3.8, 4) is 0 Å². The van der Waals surface area contributed by atoms with Gasteiger partial charge in [-0.25, -0.2) is 0 Å². The van der Waals surface area contributed by atoms with E-state index in [4.69, 9.17) is 11.6 Å². The van der Waals surface area contributed by atoms with Gasteiger partial charge in [0.05, 0.1) is 23.1 Å². The molecule has 0 saturated carbocycles. The molecule has 0 aliphatic heterocycles. The quantitative estimate of drug-likeness (QED) is 0.628. The maximum Gasteiger partial charge on any atom is 0.118 e. The molecule has 0 radical (unpaired) electrons. The molecule has 3 nitrogen and oxygen atoms in total. The molecule has 0 amide bonds. The zero-order valence-corrected chi connectivity index (χ0v) is 11.7. The number of aliphatic imine (C=N–C) groups is 1. The molecule has 0 aliphatic carbocycles. The normalized spacial score (nSPS) is 10.2. The largest absolute Gasteiger partial charge is 0.263 e. The summed E-state index contributed by atoms with van der Waals surface area (Å²) >= 11 is 10.6. The summed E-state index contributed by atoms with van der Waals surface area (Å²) in [6.45, 7) is 4.54. The van der Waals surface area contributed by atoms with Crippen LogP contribution in [0, 0.1) is 13.8 Å². The van der Waals surface area contributed by atoms with Gasteiger partial charge in [0.1, 0.15) is 5.69 Å². The molecule has 0 atom stereocenters. The Morgan fingerprint density at radius 3 is 2.89 bits per heavy atom. The van der Waals surface area contributed by atoms with Crippen molar-refractivity contribution in [2.24, 2.45) is 4.99 Å². The van der Waals surface area contributed by atoms with Gasteiger partial charge in [-0.05, 0) is 43.8 Å². The van der Waals surface area contributed by atoms with Crippen LogP contribution in [0.2, 0.25) is 5.02 Å². The van der Waals surface area contributed by atoms with Gasteiger partial charge in [0.2, 0.25) is 0 Å². The predicted molar refractivity (Wildman–Crippen MR) is 76.9 cm³/mol. The molecule has 2 aromatic rings. The third kappa shape index (κ3) is 2.67. The van der Waals surface area contributed by atoms with Crippen LogP contribution in [0.5, 0.6) is 0 Å². The van der Waals surface area contributed by atoms with E-state index >= 15 is 0 Å². The molecule has 0 unspecified atom stereocenters. The molecule has 1 aromatic heterocycles. The molecule has 0 N–H and O–H groups in total. The van der Waals surface area contributed by atoms with Crippen molar-refractivity contribution in [1.82, 2.24) is 9.78 Å². The maximum atomic E-state index is 5.97. The van der Waals surface area contributed by atoms with Crippen LogP contribution in [0.25, 0.3) is 0 Å². The van der Waals surface area contributed by atoms with Crippen LogP contribution in [0.3, 0.4) is 0 Å². The van der Waals surface area contributed by atoms with Crippen LogP contribution in [-0.4, -0.2) is 14.9 Å². The first-order valence-electron chi connectivity index (χ1n) is 5.48. The van der Waals surface area contributed by atoms with E-state index in [1.165, 1.54) is 0 Å². The summed E-state index contributed by atoms with van der Waals surface area (Å²) in [5.74, 6) is 0. The Morgan fingerprint density at radius 1 is 1.44 bits per heavy atom. The lowest BCUT2D eigenvalue weighted by Gasteiger charge is -2.04. The van der Waals surface area contributed by atoms with Gasteiger partial charge in [0.25, 0.3) is 0 Å². The van der Waals surface area contributed by atoms with Crippen LogP contribution in [-0.2, 0) is 6.54 Å². The Labute approximate surface area is 116 Å².